The maximum absolute atomic E-state index is 12.2. The van der Waals surface area contributed by atoms with Gasteiger partial charge in [0.05, 0.1) is 23.6 Å². The van der Waals surface area contributed by atoms with E-state index in [1.54, 1.807) is 0 Å². The number of methoxy groups -OCH3 is 1. The minimum absolute atomic E-state index is 0.0226. The number of nitrogens with one attached hydrogen (secondary N) is 1. The quantitative estimate of drug-likeness (QED) is 0.445. The molecule has 0 aromatic heterocycles. The van der Waals surface area contributed by atoms with Crippen LogP contribution in [0, 0.1) is 24.0 Å². The molecule has 1 unspecified atom stereocenters. The van der Waals surface area contributed by atoms with Crippen LogP contribution in [-0.2, 0) is 9.53 Å². The van der Waals surface area contributed by atoms with Crippen molar-refractivity contribution in [2.75, 3.05) is 13.7 Å². The predicted octanol–water partition coefficient (Wildman–Crippen LogP) is 3.25. The number of ether oxygens (including phenoxy) is 2. The molecule has 0 aliphatic heterocycles. The molecule has 8 heteroatoms. The van der Waals surface area contributed by atoms with E-state index < -0.39 is 29.1 Å². The molecule has 148 valence electrons. The number of hydrogen-bond donors (Lipinski definition) is 1. The van der Waals surface area contributed by atoms with Crippen molar-refractivity contribution in [2.45, 2.75) is 26.8 Å². The molecule has 0 saturated heterocycles. The number of nitro benzene ring substituents is 1. The van der Waals surface area contributed by atoms with Gasteiger partial charge in [0.2, 0.25) is 0 Å². The molecule has 0 aliphatic carbocycles. The van der Waals surface area contributed by atoms with E-state index in [2.05, 4.69) is 10.1 Å². The average Bonchev–Trinajstić information content (AvgIpc) is 2.67. The van der Waals surface area contributed by atoms with E-state index >= 15 is 0 Å². The van der Waals surface area contributed by atoms with Crippen molar-refractivity contribution in [3.8, 4) is 5.75 Å². The molecule has 2 rings (SSSR count). The van der Waals surface area contributed by atoms with Crippen LogP contribution < -0.4 is 10.1 Å². The van der Waals surface area contributed by atoms with Crippen LogP contribution >= 0.6 is 0 Å². The Hall–Kier alpha value is -3.42. The van der Waals surface area contributed by atoms with Gasteiger partial charge in [-0.1, -0.05) is 18.2 Å². The number of carbonyl (C=O) groups excluding carboxylic acids is 2. The molecule has 8 nitrogen and oxygen atoms in total. The van der Waals surface area contributed by atoms with Gasteiger partial charge in [-0.15, -0.1) is 0 Å². The molecule has 0 aliphatic rings. The van der Waals surface area contributed by atoms with Crippen molar-refractivity contribution < 1.29 is 24.0 Å². The maximum atomic E-state index is 12.2. The maximum Gasteiger partial charge on any atom is 0.338 e. The van der Waals surface area contributed by atoms with Gasteiger partial charge >= 0.3 is 11.7 Å². The fraction of sp³-hybridized carbons (Fsp3) is 0.300. The monoisotopic (exact) mass is 386 g/mol. The van der Waals surface area contributed by atoms with Gasteiger partial charge in [-0.05, 0) is 49.6 Å². The minimum atomic E-state index is -0.699. The summed E-state index contributed by atoms with van der Waals surface area (Å²) in [5.74, 6) is -1.22. The molecule has 0 bridgehead atoms. The Morgan fingerprint density at radius 3 is 2.46 bits per heavy atom. The minimum Gasteiger partial charge on any atom is -0.477 e. The Labute approximate surface area is 162 Å². The first kappa shape index (κ1) is 20.9. The summed E-state index contributed by atoms with van der Waals surface area (Å²) in [6, 6.07) is 9.33. The normalized spacial score (nSPS) is 11.4. The molecule has 0 heterocycles. The largest absolute Gasteiger partial charge is 0.477 e. The first-order chi connectivity index (χ1) is 13.2. The van der Waals surface area contributed by atoms with E-state index in [0.717, 1.165) is 22.8 Å². The second kappa shape index (κ2) is 8.98. The summed E-state index contributed by atoms with van der Waals surface area (Å²) in [7, 11) is 1.18. The molecule has 2 aromatic rings. The van der Waals surface area contributed by atoms with Gasteiger partial charge in [-0.25, -0.2) is 4.79 Å². The lowest BCUT2D eigenvalue weighted by Crippen LogP contribution is -2.31. The molecule has 28 heavy (non-hydrogen) atoms. The van der Waals surface area contributed by atoms with Gasteiger partial charge in [0.25, 0.3) is 5.91 Å². The second-order valence-electron chi connectivity index (χ2n) is 6.35. The van der Waals surface area contributed by atoms with Crippen LogP contribution in [-0.4, -0.2) is 30.5 Å². The Bertz CT molecular complexity index is 910. The fourth-order valence-corrected chi connectivity index (χ4v) is 2.57. The second-order valence-corrected chi connectivity index (χ2v) is 6.35. The summed E-state index contributed by atoms with van der Waals surface area (Å²) in [4.78, 5) is 34.2. The van der Waals surface area contributed by atoms with Crippen molar-refractivity contribution in [1.29, 1.82) is 0 Å². The lowest BCUT2D eigenvalue weighted by Gasteiger charge is -2.16. The van der Waals surface area contributed by atoms with Gasteiger partial charge in [-0.2, -0.15) is 0 Å². The van der Waals surface area contributed by atoms with Gasteiger partial charge in [0, 0.05) is 6.07 Å². The molecule has 2 aromatic carbocycles. The van der Waals surface area contributed by atoms with Crippen LogP contribution in [0.4, 0.5) is 5.69 Å². The van der Waals surface area contributed by atoms with Gasteiger partial charge in [-0.3, -0.25) is 14.9 Å². The summed E-state index contributed by atoms with van der Waals surface area (Å²) < 4.78 is 9.85. The van der Waals surface area contributed by atoms with Crippen LogP contribution in [0.2, 0.25) is 0 Å². The summed E-state index contributed by atoms with van der Waals surface area (Å²) in [5.41, 5.74) is 2.83. The molecule has 1 atom stereocenters. The molecular formula is C20H22N2O6. The molecular weight excluding hydrogens is 364 g/mol. The van der Waals surface area contributed by atoms with Crippen molar-refractivity contribution >= 4 is 17.6 Å². The zero-order chi connectivity index (χ0) is 20.8. The van der Waals surface area contributed by atoms with Crippen molar-refractivity contribution in [3.05, 3.63) is 68.8 Å². The number of esters is 1. The number of hydrogen-bond acceptors (Lipinski definition) is 6. The van der Waals surface area contributed by atoms with Crippen LogP contribution in [0.25, 0.3) is 0 Å². The number of benzene rings is 2. The van der Waals surface area contributed by atoms with Crippen LogP contribution in [0.5, 0.6) is 5.75 Å². The highest BCUT2D eigenvalue weighted by atomic mass is 16.6. The number of rotatable bonds is 7. The molecule has 0 fully saturated rings. The van der Waals surface area contributed by atoms with E-state index in [-0.39, 0.29) is 17.4 Å². The van der Waals surface area contributed by atoms with Crippen molar-refractivity contribution in [3.63, 3.8) is 0 Å². The van der Waals surface area contributed by atoms with E-state index in [1.165, 1.54) is 19.2 Å². The smallest absolute Gasteiger partial charge is 0.338 e. The van der Waals surface area contributed by atoms with E-state index in [0.29, 0.717) is 0 Å². The number of amides is 1. The number of carbonyl (C=O) groups is 2. The predicted molar refractivity (Wildman–Crippen MR) is 102 cm³/mol. The first-order valence-electron chi connectivity index (χ1n) is 8.59. The van der Waals surface area contributed by atoms with Gasteiger partial charge in [0.15, 0.2) is 12.4 Å². The van der Waals surface area contributed by atoms with Crippen LogP contribution in [0.3, 0.4) is 0 Å². The molecule has 0 radical (unpaired) electrons. The zero-order valence-electron chi connectivity index (χ0n) is 16.1. The Balaban J connectivity index is 2.04. The highest BCUT2D eigenvalue weighted by Crippen LogP contribution is 2.28. The highest BCUT2D eigenvalue weighted by Gasteiger charge is 2.20. The lowest BCUT2D eigenvalue weighted by molar-refractivity contribution is -0.385. The molecule has 0 saturated carbocycles. The van der Waals surface area contributed by atoms with E-state index in [4.69, 9.17) is 4.74 Å². The van der Waals surface area contributed by atoms with E-state index in [1.807, 2.05) is 39.0 Å². The molecule has 1 amide bonds. The summed E-state index contributed by atoms with van der Waals surface area (Å²) >= 11 is 0. The van der Waals surface area contributed by atoms with Crippen molar-refractivity contribution in [2.24, 2.45) is 0 Å². The summed E-state index contributed by atoms with van der Waals surface area (Å²) in [6.45, 7) is 5.45. The number of nitrogens with zero attached hydrogens (tertiary/aromatic N) is 1. The zero-order valence-corrected chi connectivity index (χ0v) is 16.1. The average molecular weight is 386 g/mol. The summed E-state index contributed by atoms with van der Waals surface area (Å²) in [5, 5.41) is 14.0. The van der Waals surface area contributed by atoms with Crippen LogP contribution in [0.15, 0.2) is 36.4 Å². The topological polar surface area (TPSA) is 108 Å². The van der Waals surface area contributed by atoms with Crippen LogP contribution in [0.1, 0.15) is 40.0 Å². The van der Waals surface area contributed by atoms with Crippen molar-refractivity contribution in [1.82, 2.24) is 5.32 Å². The Morgan fingerprint density at radius 1 is 1.14 bits per heavy atom. The lowest BCUT2D eigenvalue weighted by atomic mass is 10.0. The highest BCUT2D eigenvalue weighted by molar-refractivity contribution is 5.90. The third kappa shape index (κ3) is 5.06. The standard InChI is InChI=1S/C20H22N2O6/c1-12-5-6-15(9-13(12)2)14(3)21-19(23)11-28-18-8-7-16(20(24)27-4)10-17(18)22(25)26/h5-10,14H,11H2,1-4H3,(H,21,23). The molecule has 0 spiro atoms. The Morgan fingerprint density at radius 2 is 1.86 bits per heavy atom. The Kier molecular flexibility index (Phi) is 6.70. The number of nitro groups is 1. The fourth-order valence-electron chi connectivity index (χ4n) is 2.57. The molecule has 1 N–H and O–H groups in total. The SMILES string of the molecule is COC(=O)c1ccc(OCC(=O)NC(C)c2ccc(C)c(C)c2)c([N+](=O)[O-])c1. The third-order valence-corrected chi connectivity index (χ3v) is 4.34. The third-order valence-electron chi connectivity index (χ3n) is 4.34. The first-order valence-corrected chi connectivity index (χ1v) is 8.59. The van der Waals surface area contributed by atoms with E-state index in [9.17, 15) is 19.7 Å². The summed E-state index contributed by atoms with van der Waals surface area (Å²) in [6.07, 6.45) is 0. The van der Waals surface area contributed by atoms with Gasteiger partial charge in [0.1, 0.15) is 0 Å². The number of aryl methyl sites for hydroxylation is 2. The van der Waals surface area contributed by atoms with Gasteiger partial charge < -0.3 is 14.8 Å².